The Morgan fingerprint density at radius 1 is 1.38 bits per heavy atom. The molecule has 0 saturated heterocycles. The topological polar surface area (TPSA) is 92.4 Å². The van der Waals surface area contributed by atoms with Gasteiger partial charge in [-0.25, -0.2) is 0 Å². The molecule has 1 aromatic rings. The molecule has 0 spiro atoms. The van der Waals surface area contributed by atoms with Crippen molar-refractivity contribution in [2.24, 2.45) is 5.41 Å². The normalized spacial score (nSPS) is 17.1. The minimum atomic E-state index is -0.827. The smallest absolute Gasteiger partial charge is 0.311 e. The van der Waals surface area contributed by atoms with Gasteiger partial charge in [-0.15, -0.1) is 0 Å². The van der Waals surface area contributed by atoms with Crippen LogP contribution >= 0.6 is 0 Å². The number of amides is 1. The van der Waals surface area contributed by atoms with E-state index in [1.807, 2.05) is 13.8 Å². The standard InChI is InChI=1S/C15H22N2O4/c1-9(2)12-11(10(3)17-21-12)13(18)16-8-15(14(19)20)6-4-5-7-15/h9H,4-8H2,1-3H3,(H,16,18)(H,19,20). The lowest BCUT2D eigenvalue weighted by Gasteiger charge is -2.24. The van der Waals surface area contributed by atoms with Gasteiger partial charge in [0, 0.05) is 12.5 Å². The molecule has 1 aliphatic carbocycles. The fourth-order valence-corrected chi connectivity index (χ4v) is 2.91. The zero-order valence-corrected chi connectivity index (χ0v) is 12.7. The van der Waals surface area contributed by atoms with Crippen molar-refractivity contribution in [2.45, 2.75) is 52.4 Å². The Kier molecular flexibility index (Phi) is 4.34. The van der Waals surface area contributed by atoms with Crippen molar-refractivity contribution in [3.8, 4) is 0 Å². The lowest BCUT2D eigenvalue weighted by molar-refractivity contribution is -0.148. The van der Waals surface area contributed by atoms with Crippen LogP contribution in [0.1, 0.15) is 67.3 Å². The van der Waals surface area contributed by atoms with Gasteiger partial charge in [0.2, 0.25) is 0 Å². The van der Waals surface area contributed by atoms with Gasteiger partial charge in [0.15, 0.2) is 5.76 Å². The number of nitrogens with one attached hydrogen (secondary N) is 1. The maximum atomic E-state index is 12.4. The van der Waals surface area contributed by atoms with Crippen molar-refractivity contribution in [3.63, 3.8) is 0 Å². The molecule has 1 saturated carbocycles. The second-order valence-electron chi connectivity index (χ2n) is 6.14. The van der Waals surface area contributed by atoms with E-state index >= 15 is 0 Å². The molecule has 1 aliphatic rings. The van der Waals surface area contributed by atoms with E-state index < -0.39 is 11.4 Å². The lowest BCUT2D eigenvalue weighted by Crippen LogP contribution is -2.41. The van der Waals surface area contributed by atoms with Crippen molar-refractivity contribution < 1.29 is 19.2 Å². The fourth-order valence-electron chi connectivity index (χ4n) is 2.91. The molecule has 2 N–H and O–H groups in total. The minimum Gasteiger partial charge on any atom is -0.481 e. The Morgan fingerprint density at radius 3 is 2.52 bits per heavy atom. The summed E-state index contributed by atoms with van der Waals surface area (Å²) in [7, 11) is 0. The second-order valence-corrected chi connectivity index (χ2v) is 6.14. The van der Waals surface area contributed by atoms with E-state index in [9.17, 15) is 14.7 Å². The summed E-state index contributed by atoms with van der Waals surface area (Å²) < 4.78 is 5.20. The van der Waals surface area contributed by atoms with E-state index in [0.29, 0.717) is 29.9 Å². The molecule has 1 aromatic heterocycles. The minimum absolute atomic E-state index is 0.0480. The number of carboxylic acid groups (broad SMARTS) is 1. The van der Waals surface area contributed by atoms with Crippen LogP contribution < -0.4 is 5.32 Å². The summed E-state index contributed by atoms with van der Waals surface area (Å²) in [4.78, 5) is 23.9. The summed E-state index contributed by atoms with van der Waals surface area (Å²) >= 11 is 0. The Morgan fingerprint density at radius 2 is 2.00 bits per heavy atom. The van der Waals surface area contributed by atoms with Crippen molar-refractivity contribution in [2.75, 3.05) is 6.54 Å². The number of hydrogen-bond acceptors (Lipinski definition) is 4. The number of carbonyl (C=O) groups is 2. The molecular weight excluding hydrogens is 272 g/mol. The van der Waals surface area contributed by atoms with E-state index in [-0.39, 0.29) is 18.4 Å². The van der Waals surface area contributed by atoms with Crippen LogP contribution in [0.4, 0.5) is 0 Å². The number of rotatable bonds is 5. The summed E-state index contributed by atoms with van der Waals surface area (Å²) in [5.41, 5.74) is 0.147. The van der Waals surface area contributed by atoms with Gasteiger partial charge >= 0.3 is 5.97 Å². The summed E-state index contributed by atoms with van der Waals surface area (Å²) in [5.74, 6) is -0.538. The highest BCUT2D eigenvalue weighted by atomic mass is 16.5. The van der Waals surface area contributed by atoms with Crippen LogP contribution in [0.3, 0.4) is 0 Å². The number of carboxylic acids is 1. The number of aryl methyl sites for hydroxylation is 1. The van der Waals surface area contributed by atoms with Crippen LogP contribution in [0.15, 0.2) is 4.52 Å². The van der Waals surface area contributed by atoms with Crippen LogP contribution in [0.25, 0.3) is 0 Å². The molecule has 2 rings (SSSR count). The summed E-state index contributed by atoms with van der Waals surface area (Å²) in [6, 6.07) is 0. The van der Waals surface area contributed by atoms with Gasteiger partial charge < -0.3 is 14.9 Å². The number of aliphatic carboxylic acids is 1. The van der Waals surface area contributed by atoms with Crippen LogP contribution in [0.2, 0.25) is 0 Å². The molecule has 116 valence electrons. The second kappa shape index (κ2) is 5.87. The average molecular weight is 294 g/mol. The first kappa shape index (κ1) is 15.5. The first-order chi connectivity index (χ1) is 9.87. The molecule has 0 bridgehead atoms. The SMILES string of the molecule is Cc1noc(C(C)C)c1C(=O)NCC1(C(=O)O)CCCC1. The van der Waals surface area contributed by atoms with Crippen molar-refractivity contribution in [1.82, 2.24) is 10.5 Å². The van der Waals surface area contributed by atoms with Gasteiger partial charge in [0.25, 0.3) is 5.91 Å². The maximum absolute atomic E-state index is 12.4. The molecule has 0 atom stereocenters. The number of carbonyl (C=O) groups excluding carboxylic acids is 1. The molecule has 1 heterocycles. The molecule has 6 heteroatoms. The van der Waals surface area contributed by atoms with Gasteiger partial charge in [-0.1, -0.05) is 31.8 Å². The largest absolute Gasteiger partial charge is 0.481 e. The first-order valence-corrected chi connectivity index (χ1v) is 7.35. The molecule has 0 radical (unpaired) electrons. The van der Waals surface area contributed by atoms with Crippen molar-refractivity contribution in [1.29, 1.82) is 0 Å². The van der Waals surface area contributed by atoms with Gasteiger partial charge in [0.05, 0.1) is 11.1 Å². The highest BCUT2D eigenvalue weighted by Crippen LogP contribution is 2.37. The predicted molar refractivity (Wildman–Crippen MR) is 76.2 cm³/mol. The quantitative estimate of drug-likeness (QED) is 0.870. The Bertz CT molecular complexity index is 542. The van der Waals surface area contributed by atoms with Crippen LogP contribution in [-0.2, 0) is 4.79 Å². The van der Waals surface area contributed by atoms with Crippen LogP contribution in [0.5, 0.6) is 0 Å². The third-order valence-electron chi connectivity index (χ3n) is 4.24. The Labute approximate surface area is 123 Å². The van der Waals surface area contributed by atoms with E-state index in [1.54, 1.807) is 6.92 Å². The zero-order valence-electron chi connectivity index (χ0n) is 12.7. The summed E-state index contributed by atoms with van der Waals surface area (Å²) in [6.45, 7) is 5.72. The summed E-state index contributed by atoms with van der Waals surface area (Å²) in [5, 5.41) is 16.0. The molecule has 6 nitrogen and oxygen atoms in total. The Hall–Kier alpha value is -1.85. The highest BCUT2D eigenvalue weighted by Gasteiger charge is 2.41. The molecule has 0 aromatic carbocycles. The maximum Gasteiger partial charge on any atom is 0.311 e. The van der Waals surface area contributed by atoms with E-state index in [2.05, 4.69) is 10.5 Å². The lowest BCUT2D eigenvalue weighted by atomic mass is 9.86. The number of nitrogens with zero attached hydrogens (tertiary/aromatic N) is 1. The Balaban J connectivity index is 2.12. The third kappa shape index (κ3) is 2.94. The van der Waals surface area contributed by atoms with Gasteiger partial charge in [-0.05, 0) is 19.8 Å². The van der Waals surface area contributed by atoms with Crippen molar-refractivity contribution >= 4 is 11.9 Å². The number of hydrogen-bond donors (Lipinski definition) is 2. The van der Waals surface area contributed by atoms with E-state index in [4.69, 9.17) is 4.52 Å². The van der Waals surface area contributed by atoms with Gasteiger partial charge in [-0.3, -0.25) is 9.59 Å². The van der Waals surface area contributed by atoms with Gasteiger partial charge in [0.1, 0.15) is 5.56 Å². The average Bonchev–Trinajstić information content (AvgIpc) is 3.03. The van der Waals surface area contributed by atoms with Crippen LogP contribution in [0, 0.1) is 12.3 Å². The molecular formula is C15H22N2O4. The molecule has 1 fully saturated rings. The van der Waals surface area contributed by atoms with E-state index in [1.165, 1.54) is 0 Å². The first-order valence-electron chi connectivity index (χ1n) is 7.35. The molecule has 21 heavy (non-hydrogen) atoms. The van der Waals surface area contributed by atoms with Gasteiger partial charge in [-0.2, -0.15) is 0 Å². The zero-order chi connectivity index (χ0) is 15.6. The van der Waals surface area contributed by atoms with E-state index in [0.717, 1.165) is 12.8 Å². The molecule has 1 amide bonds. The third-order valence-corrected chi connectivity index (χ3v) is 4.24. The predicted octanol–water partition coefficient (Wildman–Crippen LogP) is 2.48. The molecule has 0 aliphatic heterocycles. The summed E-state index contributed by atoms with van der Waals surface area (Å²) in [6.07, 6.45) is 3.02. The highest BCUT2D eigenvalue weighted by molar-refractivity contribution is 5.96. The fraction of sp³-hybridized carbons (Fsp3) is 0.667. The van der Waals surface area contributed by atoms with Crippen LogP contribution in [-0.4, -0.2) is 28.7 Å². The monoisotopic (exact) mass is 294 g/mol. The number of aromatic nitrogens is 1. The molecule has 0 unspecified atom stereocenters. The van der Waals surface area contributed by atoms with Crippen molar-refractivity contribution in [3.05, 3.63) is 17.0 Å².